The molecule has 0 spiro atoms. The van der Waals surface area contributed by atoms with E-state index in [0.717, 1.165) is 23.7 Å². The number of anilines is 1. The summed E-state index contributed by atoms with van der Waals surface area (Å²) in [6.45, 7) is 4.39. The van der Waals surface area contributed by atoms with Gasteiger partial charge in [-0.05, 0) is 55.8 Å². The van der Waals surface area contributed by atoms with Gasteiger partial charge in [0.15, 0.2) is 4.32 Å². The van der Waals surface area contributed by atoms with E-state index >= 15 is 0 Å². The number of rotatable bonds is 6. The Bertz CT molecular complexity index is 695. The fraction of sp³-hybridized carbons (Fsp3) is 0.333. The molecular weight excluding hydrogens is 356 g/mol. The van der Waals surface area contributed by atoms with E-state index in [1.54, 1.807) is 13.0 Å². The van der Waals surface area contributed by atoms with Gasteiger partial charge in [0.05, 0.1) is 11.5 Å². The second-order valence-corrected chi connectivity index (χ2v) is 7.30. The third kappa shape index (κ3) is 4.49. The Hall–Kier alpha value is -1.67. The summed E-state index contributed by atoms with van der Waals surface area (Å²) >= 11 is 6.30. The zero-order valence-corrected chi connectivity index (χ0v) is 15.6. The van der Waals surface area contributed by atoms with Crippen molar-refractivity contribution < 1.29 is 14.7 Å². The molecule has 1 aromatic rings. The number of amides is 1. The number of carbonyl (C=O) groups is 1. The van der Waals surface area contributed by atoms with Gasteiger partial charge >= 0.3 is 0 Å². The van der Waals surface area contributed by atoms with Crippen LogP contribution in [0, 0.1) is 0 Å². The smallest absolute Gasteiger partial charge is 0.292 e. The van der Waals surface area contributed by atoms with Gasteiger partial charge in [0.2, 0.25) is 0 Å². The molecule has 0 atom stereocenters. The van der Waals surface area contributed by atoms with Gasteiger partial charge in [-0.1, -0.05) is 36.0 Å². The molecule has 0 N–H and O–H groups in total. The number of thiocarbonyl (C=S) groups is 1. The minimum atomic E-state index is -0.308. The van der Waals surface area contributed by atoms with Crippen LogP contribution in [0.25, 0.3) is 6.08 Å². The Kier molecular flexibility index (Phi) is 6.25. The second-order valence-electron chi connectivity index (χ2n) is 5.62. The molecule has 7 heteroatoms. The maximum atomic E-state index is 12.2. The van der Waals surface area contributed by atoms with Crippen LogP contribution in [-0.4, -0.2) is 35.0 Å². The zero-order valence-electron chi connectivity index (χ0n) is 14.0. The second kappa shape index (κ2) is 8.62. The van der Waals surface area contributed by atoms with Crippen molar-refractivity contribution in [2.45, 2.75) is 19.8 Å². The van der Waals surface area contributed by atoms with E-state index in [4.69, 9.17) is 22.1 Å². The van der Waals surface area contributed by atoms with Gasteiger partial charge < -0.3 is 4.90 Å². The van der Waals surface area contributed by atoms with Gasteiger partial charge in [0.25, 0.3) is 5.91 Å². The summed E-state index contributed by atoms with van der Waals surface area (Å²) in [5.74, 6) is -0.308. The van der Waals surface area contributed by atoms with Crippen LogP contribution < -0.4 is 4.90 Å². The number of hydrogen-bond acceptors (Lipinski definition) is 6. The summed E-state index contributed by atoms with van der Waals surface area (Å²) in [5.41, 5.74) is 2.35. The molecular formula is C18H20N2O3S2. The first-order valence-corrected chi connectivity index (χ1v) is 9.50. The summed E-state index contributed by atoms with van der Waals surface area (Å²) in [4.78, 5) is 24.7. The lowest BCUT2D eigenvalue weighted by Crippen LogP contribution is -2.28. The van der Waals surface area contributed by atoms with Crippen molar-refractivity contribution in [2.75, 3.05) is 24.6 Å². The Morgan fingerprint density at radius 1 is 1.24 bits per heavy atom. The molecule has 2 heterocycles. The first-order chi connectivity index (χ1) is 12.2. The lowest BCUT2D eigenvalue weighted by Gasteiger charge is -2.17. The minimum absolute atomic E-state index is 0.308. The van der Waals surface area contributed by atoms with Crippen LogP contribution >= 0.6 is 24.0 Å². The van der Waals surface area contributed by atoms with E-state index < -0.39 is 0 Å². The minimum Gasteiger partial charge on any atom is -0.372 e. The summed E-state index contributed by atoms with van der Waals surface area (Å²) in [6, 6.07) is 8.45. The first-order valence-electron chi connectivity index (χ1n) is 8.28. The van der Waals surface area contributed by atoms with Gasteiger partial charge in [-0.25, -0.2) is 4.89 Å². The van der Waals surface area contributed by atoms with Gasteiger partial charge in [-0.3, -0.25) is 4.79 Å². The Morgan fingerprint density at radius 3 is 2.64 bits per heavy atom. The molecule has 2 saturated heterocycles. The van der Waals surface area contributed by atoms with Crippen LogP contribution in [0.5, 0.6) is 0 Å². The number of nitrogens with zero attached hydrogens (tertiary/aromatic N) is 2. The Balaban J connectivity index is 1.61. The van der Waals surface area contributed by atoms with Gasteiger partial charge in [-0.15, -0.1) is 10.1 Å². The predicted molar refractivity (Wildman–Crippen MR) is 105 cm³/mol. The topological polar surface area (TPSA) is 42.0 Å². The quantitative estimate of drug-likeness (QED) is 0.324. The van der Waals surface area contributed by atoms with Crippen molar-refractivity contribution >= 4 is 46.0 Å². The SMILES string of the molecule is CCOON1C(=O)/C(=C/C=C/c2ccc(N3CCCC3)cc2)SC1=S. The van der Waals surface area contributed by atoms with Crippen molar-refractivity contribution in [3.8, 4) is 0 Å². The van der Waals surface area contributed by atoms with Crippen LogP contribution in [-0.2, 0) is 14.7 Å². The molecule has 3 rings (SSSR count). The Morgan fingerprint density at radius 2 is 1.96 bits per heavy atom. The van der Waals surface area contributed by atoms with Gasteiger partial charge in [0.1, 0.15) is 0 Å². The van der Waals surface area contributed by atoms with E-state index in [2.05, 4.69) is 29.2 Å². The summed E-state index contributed by atoms with van der Waals surface area (Å²) in [7, 11) is 0. The van der Waals surface area contributed by atoms with Crippen molar-refractivity contribution in [2.24, 2.45) is 0 Å². The third-order valence-corrected chi connectivity index (χ3v) is 5.19. The molecule has 0 aromatic heterocycles. The average Bonchev–Trinajstić information content (AvgIpc) is 3.24. The predicted octanol–water partition coefficient (Wildman–Crippen LogP) is 3.93. The fourth-order valence-corrected chi connectivity index (χ4v) is 3.74. The maximum Gasteiger partial charge on any atom is 0.292 e. The lowest BCUT2D eigenvalue weighted by atomic mass is 10.2. The number of hydrogen-bond donors (Lipinski definition) is 0. The maximum absolute atomic E-state index is 12.2. The third-order valence-electron chi connectivity index (χ3n) is 3.90. The molecule has 0 saturated carbocycles. The molecule has 2 aliphatic rings. The van der Waals surface area contributed by atoms with Crippen molar-refractivity contribution in [3.63, 3.8) is 0 Å². The number of thioether (sulfide) groups is 1. The van der Waals surface area contributed by atoms with E-state index in [-0.39, 0.29) is 5.91 Å². The molecule has 1 amide bonds. The molecule has 0 radical (unpaired) electrons. The first kappa shape index (κ1) is 18.1. The summed E-state index contributed by atoms with van der Waals surface area (Å²) in [5, 5.41) is 0.994. The van der Waals surface area contributed by atoms with Crippen molar-refractivity contribution in [3.05, 3.63) is 46.9 Å². The number of allylic oxidation sites excluding steroid dienone is 2. The molecule has 2 fully saturated rings. The molecule has 2 aliphatic heterocycles. The molecule has 132 valence electrons. The highest BCUT2D eigenvalue weighted by atomic mass is 32.2. The molecule has 5 nitrogen and oxygen atoms in total. The number of hydroxylamine groups is 2. The molecule has 25 heavy (non-hydrogen) atoms. The van der Waals surface area contributed by atoms with Gasteiger partial charge in [0, 0.05) is 18.8 Å². The lowest BCUT2D eigenvalue weighted by molar-refractivity contribution is -0.381. The largest absolute Gasteiger partial charge is 0.372 e. The van der Waals surface area contributed by atoms with Crippen LogP contribution in [0.2, 0.25) is 0 Å². The van der Waals surface area contributed by atoms with E-state index in [0.29, 0.717) is 15.8 Å². The summed E-state index contributed by atoms with van der Waals surface area (Å²) in [6.07, 6.45) is 8.09. The average molecular weight is 377 g/mol. The van der Waals surface area contributed by atoms with Crippen molar-refractivity contribution in [1.82, 2.24) is 5.06 Å². The normalized spacial score (nSPS) is 19.8. The highest BCUT2D eigenvalue weighted by molar-refractivity contribution is 8.26. The number of carbonyl (C=O) groups excluding carboxylic acids is 1. The van der Waals surface area contributed by atoms with Crippen LogP contribution in [0.3, 0.4) is 0 Å². The number of benzene rings is 1. The molecule has 0 unspecified atom stereocenters. The van der Waals surface area contributed by atoms with E-state index in [1.807, 2.05) is 12.2 Å². The van der Waals surface area contributed by atoms with E-state index in [1.165, 1.54) is 30.3 Å². The summed E-state index contributed by atoms with van der Waals surface area (Å²) < 4.78 is 0.327. The monoisotopic (exact) mass is 376 g/mol. The Labute approximate surface area is 157 Å². The van der Waals surface area contributed by atoms with E-state index in [9.17, 15) is 4.79 Å². The van der Waals surface area contributed by atoms with Crippen molar-refractivity contribution in [1.29, 1.82) is 0 Å². The molecule has 0 bridgehead atoms. The zero-order chi connectivity index (χ0) is 17.6. The van der Waals surface area contributed by atoms with Gasteiger partial charge in [-0.2, -0.15) is 0 Å². The molecule has 0 aliphatic carbocycles. The van der Waals surface area contributed by atoms with Crippen LogP contribution in [0.1, 0.15) is 25.3 Å². The fourth-order valence-electron chi connectivity index (χ4n) is 2.66. The highest BCUT2D eigenvalue weighted by Gasteiger charge is 2.33. The highest BCUT2D eigenvalue weighted by Crippen LogP contribution is 2.31. The van der Waals surface area contributed by atoms with Crippen LogP contribution in [0.15, 0.2) is 41.3 Å². The standard InChI is InChI=1S/C18H20N2O3S2/c1-2-22-23-20-17(21)16(25-18(20)24)7-5-6-14-8-10-15(11-9-14)19-12-3-4-13-19/h5-11H,2-4,12-13H2,1H3/b6-5+,16-7-. The molecule has 1 aromatic carbocycles. The van der Waals surface area contributed by atoms with Crippen LogP contribution in [0.4, 0.5) is 5.69 Å².